The number of thiazole rings is 1. The molecule has 0 aliphatic carbocycles. The normalized spacial score (nSPS) is 10.7. The molecule has 0 unspecified atom stereocenters. The number of carbonyl (C=O) groups excluding carboxylic acids is 2. The van der Waals surface area contributed by atoms with E-state index in [0.29, 0.717) is 22.8 Å². The summed E-state index contributed by atoms with van der Waals surface area (Å²) in [5.41, 5.74) is 2.48. The SMILES string of the molecule is COC(=O)c1cc(CNC(=O)c2cc(-c3csc(C)n3)c[nH]2)oc1C. The van der Waals surface area contributed by atoms with Gasteiger partial charge in [0.25, 0.3) is 5.91 Å². The number of aryl methyl sites for hydroxylation is 2. The maximum atomic E-state index is 12.3. The van der Waals surface area contributed by atoms with Crippen LogP contribution in [0.3, 0.4) is 0 Å². The number of furan rings is 1. The van der Waals surface area contributed by atoms with E-state index in [2.05, 4.69) is 20.0 Å². The molecule has 130 valence electrons. The van der Waals surface area contributed by atoms with Crippen LogP contribution >= 0.6 is 11.3 Å². The number of H-pyrrole nitrogens is 1. The van der Waals surface area contributed by atoms with Crippen LogP contribution in [0.1, 0.15) is 37.4 Å². The number of ether oxygens (including phenoxy) is 1. The summed E-state index contributed by atoms with van der Waals surface area (Å²) in [6, 6.07) is 3.32. The number of methoxy groups -OCH3 is 1. The van der Waals surface area contributed by atoms with E-state index in [1.54, 1.807) is 36.6 Å². The average molecular weight is 359 g/mol. The van der Waals surface area contributed by atoms with Gasteiger partial charge in [-0.3, -0.25) is 4.79 Å². The molecular weight excluding hydrogens is 342 g/mol. The standard InChI is InChI=1S/C17H17N3O4S/c1-9-13(17(22)23-3)5-12(24-9)7-19-16(21)14-4-11(6-18-14)15-8-25-10(2)20-15/h4-6,8,18H,7H2,1-3H3,(H,19,21). The van der Waals surface area contributed by atoms with Crippen molar-refractivity contribution in [2.24, 2.45) is 0 Å². The molecule has 0 fully saturated rings. The highest BCUT2D eigenvalue weighted by atomic mass is 32.1. The van der Waals surface area contributed by atoms with Crippen molar-refractivity contribution in [2.75, 3.05) is 7.11 Å². The van der Waals surface area contributed by atoms with Gasteiger partial charge in [0.15, 0.2) is 0 Å². The van der Waals surface area contributed by atoms with Crippen LogP contribution in [-0.4, -0.2) is 29.0 Å². The van der Waals surface area contributed by atoms with Gasteiger partial charge in [-0.05, 0) is 26.0 Å². The van der Waals surface area contributed by atoms with Crippen molar-refractivity contribution < 1.29 is 18.7 Å². The molecule has 2 N–H and O–H groups in total. The van der Waals surface area contributed by atoms with Gasteiger partial charge < -0.3 is 19.5 Å². The summed E-state index contributed by atoms with van der Waals surface area (Å²) >= 11 is 1.56. The highest BCUT2D eigenvalue weighted by molar-refractivity contribution is 7.09. The molecule has 3 aromatic rings. The van der Waals surface area contributed by atoms with Crippen molar-refractivity contribution in [2.45, 2.75) is 20.4 Å². The Labute approximate surface area is 148 Å². The lowest BCUT2D eigenvalue weighted by Gasteiger charge is -2.00. The predicted octanol–water partition coefficient (Wildman–Crippen LogP) is 3.06. The smallest absolute Gasteiger partial charge is 0.341 e. The summed E-state index contributed by atoms with van der Waals surface area (Å²) in [6.07, 6.45) is 1.75. The molecule has 1 amide bonds. The van der Waals surface area contributed by atoms with E-state index in [-0.39, 0.29) is 12.5 Å². The Bertz CT molecular complexity index is 922. The molecule has 0 saturated carbocycles. The molecule has 0 saturated heterocycles. The number of esters is 1. The third-order valence-corrected chi connectivity index (χ3v) is 4.41. The quantitative estimate of drug-likeness (QED) is 0.682. The molecule has 8 heteroatoms. The van der Waals surface area contributed by atoms with Crippen LogP contribution in [0, 0.1) is 13.8 Å². The van der Waals surface area contributed by atoms with Crippen molar-refractivity contribution in [1.29, 1.82) is 0 Å². The van der Waals surface area contributed by atoms with Crippen LogP contribution in [0.5, 0.6) is 0 Å². The van der Waals surface area contributed by atoms with Crippen molar-refractivity contribution in [3.63, 3.8) is 0 Å². The fourth-order valence-corrected chi connectivity index (χ4v) is 3.00. The highest BCUT2D eigenvalue weighted by Gasteiger charge is 2.16. The zero-order valence-corrected chi connectivity index (χ0v) is 14.8. The maximum Gasteiger partial charge on any atom is 0.341 e. The van der Waals surface area contributed by atoms with Crippen LogP contribution in [0.15, 0.2) is 28.1 Å². The lowest BCUT2D eigenvalue weighted by Crippen LogP contribution is -2.22. The summed E-state index contributed by atoms with van der Waals surface area (Å²) in [5.74, 6) is 0.198. The van der Waals surface area contributed by atoms with Crippen LogP contribution < -0.4 is 5.32 Å². The molecule has 0 aliphatic heterocycles. The first-order valence-electron chi connectivity index (χ1n) is 7.54. The van der Waals surface area contributed by atoms with Gasteiger partial charge in [0.1, 0.15) is 22.8 Å². The molecule has 7 nitrogen and oxygen atoms in total. The van der Waals surface area contributed by atoms with Crippen molar-refractivity contribution >= 4 is 23.2 Å². The number of rotatable bonds is 5. The summed E-state index contributed by atoms with van der Waals surface area (Å²) in [7, 11) is 1.31. The first kappa shape index (κ1) is 17.0. The van der Waals surface area contributed by atoms with E-state index in [9.17, 15) is 9.59 Å². The summed E-state index contributed by atoms with van der Waals surface area (Å²) in [5, 5.41) is 5.66. The van der Waals surface area contributed by atoms with Gasteiger partial charge in [-0.25, -0.2) is 9.78 Å². The van der Waals surface area contributed by atoms with E-state index >= 15 is 0 Å². The number of aromatic amines is 1. The summed E-state index contributed by atoms with van der Waals surface area (Å²) in [6.45, 7) is 3.77. The lowest BCUT2D eigenvalue weighted by molar-refractivity contribution is 0.0598. The minimum atomic E-state index is -0.466. The van der Waals surface area contributed by atoms with Gasteiger partial charge in [-0.15, -0.1) is 11.3 Å². The van der Waals surface area contributed by atoms with E-state index in [4.69, 9.17) is 4.42 Å². The zero-order valence-electron chi connectivity index (χ0n) is 14.0. The molecule has 25 heavy (non-hydrogen) atoms. The molecule has 3 rings (SSSR count). The molecule has 0 aliphatic rings. The fourth-order valence-electron chi connectivity index (χ4n) is 2.38. The van der Waals surface area contributed by atoms with E-state index < -0.39 is 5.97 Å². The number of nitrogens with zero attached hydrogens (tertiary/aromatic N) is 1. The van der Waals surface area contributed by atoms with Crippen LogP contribution in [0.4, 0.5) is 0 Å². The van der Waals surface area contributed by atoms with Gasteiger partial charge in [0.2, 0.25) is 0 Å². The Morgan fingerprint density at radius 3 is 2.84 bits per heavy atom. The zero-order chi connectivity index (χ0) is 18.0. The van der Waals surface area contributed by atoms with Gasteiger partial charge in [0, 0.05) is 17.1 Å². The van der Waals surface area contributed by atoms with Gasteiger partial charge in [-0.1, -0.05) is 0 Å². The maximum absolute atomic E-state index is 12.3. The number of nitrogens with one attached hydrogen (secondary N) is 2. The lowest BCUT2D eigenvalue weighted by atomic mass is 10.2. The van der Waals surface area contributed by atoms with Crippen molar-refractivity contribution in [3.05, 3.63) is 51.5 Å². The third-order valence-electron chi connectivity index (χ3n) is 3.64. The molecule has 0 radical (unpaired) electrons. The fraction of sp³-hybridized carbons (Fsp3) is 0.235. The molecule has 3 aromatic heterocycles. The average Bonchev–Trinajstić information content (AvgIpc) is 3.31. The van der Waals surface area contributed by atoms with Crippen molar-refractivity contribution in [1.82, 2.24) is 15.3 Å². The number of hydrogen-bond donors (Lipinski definition) is 2. The van der Waals surface area contributed by atoms with Crippen LogP contribution in [0.2, 0.25) is 0 Å². The Hall–Kier alpha value is -2.87. The number of aromatic nitrogens is 2. The Morgan fingerprint density at radius 1 is 1.36 bits per heavy atom. The van der Waals surface area contributed by atoms with Crippen molar-refractivity contribution in [3.8, 4) is 11.3 Å². The highest BCUT2D eigenvalue weighted by Crippen LogP contribution is 2.22. The van der Waals surface area contributed by atoms with Gasteiger partial charge in [-0.2, -0.15) is 0 Å². The summed E-state index contributed by atoms with van der Waals surface area (Å²) < 4.78 is 10.1. The topological polar surface area (TPSA) is 97.2 Å². The molecular formula is C17H17N3O4S. The second-order valence-corrected chi connectivity index (χ2v) is 6.47. The Kier molecular flexibility index (Phi) is 4.71. The first-order chi connectivity index (χ1) is 12.0. The third kappa shape index (κ3) is 3.63. The molecule has 0 spiro atoms. The van der Waals surface area contributed by atoms with E-state index in [1.807, 2.05) is 12.3 Å². The second-order valence-electron chi connectivity index (χ2n) is 5.41. The second kappa shape index (κ2) is 6.94. The first-order valence-corrected chi connectivity index (χ1v) is 8.42. The molecule has 0 bridgehead atoms. The number of amides is 1. The minimum Gasteiger partial charge on any atom is -0.465 e. The summed E-state index contributed by atoms with van der Waals surface area (Å²) in [4.78, 5) is 31.2. The number of hydrogen-bond acceptors (Lipinski definition) is 6. The largest absolute Gasteiger partial charge is 0.465 e. The minimum absolute atomic E-state index is 0.167. The van der Waals surface area contributed by atoms with Crippen LogP contribution in [-0.2, 0) is 11.3 Å². The monoisotopic (exact) mass is 359 g/mol. The number of carbonyl (C=O) groups is 2. The molecule has 3 heterocycles. The van der Waals surface area contributed by atoms with Gasteiger partial charge in [0.05, 0.1) is 24.4 Å². The Morgan fingerprint density at radius 2 is 2.16 bits per heavy atom. The van der Waals surface area contributed by atoms with Gasteiger partial charge >= 0.3 is 5.97 Å². The predicted molar refractivity (Wildman–Crippen MR) is 92.6 cm³/mol. The molecule has 0 aromatic carbocycles. The van der Waals surface area contributed by atoms with E-state index in [1.165, 1.54) is 7.11 Å². The Balaban J connectivity index is 1.65. The van der Waals surface area contributed by atoms with Crippen LogP contribution in [0.25, 0.3) is 11.3 Å². The van der Waals surface area contributed by atoms with E-state index in [0.717, 1.165) is 16.3 Å². The molecule has 0 atom stereocenters.